The van der Waals surface area contributed by atoms with Crippen LogP contribution in [0.5, 0.6) is 5.75 Å². The highest BCUT2D eigenvalue weighted by Gasteiger charge is 2.04. The number of aromatic amines is 1. The molecule has 0 radical (unpaired) electrons. The number of nitrogens with one attached hydrogen (secondary N) is 2. The minimum absolute atomic E-state index is 0.564. The van der Waals surface area contributed by atoms with Gasteiger partial charge in [-0.3, -0.25) is 0 Å². The number of imidazole rings is 1. The topological polar surface area (TPSA) is 84.9 Å². The number of anilines is 1. The van der Waals surface area contributed by atoms with Crippen LogP contribution in [0, 0.1) is 0 Å². The molecule has 0 amide bonds. The van der Waals surface area contributed by atoms with Crippen LogP contribution < -0.4 is 10.1 Å². The lowest BCUT2D eigenvalue weighted by molar-refractivity contribution is 0.130. The minimum atomic E-state index is 0.564. The second kappa shape index (κ2) is 6.86. The zero-order valence-corrected chi connectivity index (χ0v) is 12.2. The van der Waals surface area contributed by atoms with Gasteiger partial charge in [-0.1, -0.05) is 12.1 Å². The van der Waals surface area contributed by atoms with Gasteiger partial charge >= 0.3 is 0 Å². The number of fused-ring (bicyclic) bond motifs is 1. The predicted molar refractivity (Wildman–Crippen MR) is 82.8 cm³/mol. The largest absolute Gasteiger partial charge is 0.497 e. The normalized spacial score (nSPS) is 10.8. The van der Waals surface area contributed by atoms with E-state index >= 15 is 0 Å². The molecule has 0 aliphatic heterocycles. The molecular weight excluding hydrogens is 282 g/mol. The number of H-pyrrole nitrogens is 1. The van der Waals surface area contributed by atoms with Crippen LogP contribution in [-0.4, -0.2) is 40.2 Å². The molecule has 0 atom stereocenters. The van der Waals surface area contributed by atoms with E-state index in [1.165, 1.54) is 6.33 Å². The molecule has 114 valence electrons. The van der Waals surface area contributed by atoms with Crippen molar-refractivity contribution in [3.63, 3.8) is 0 Å². The molecule has 0 spiro atoms. The van der Waals surface area contributed by atoms with Gasteiger partial charge < -0.3 is 19.8 Å². The van der Waals surface area contributed by atoms with Crippen LogP contribution in [0.2, 0.25) is 0 Å². The summed E-state index contributed by atoms with van der Waals surface area (Å²) in [6.45, 7) is 1.79. The maximum absolute atomic E-state index is 5.64. The van der Waals surface area contributed by atoms with Gasteiger partial charge in [0.05, 0.1) is 26.7 Å². The fourth-order valence-electron chi connectivity index (χ4n) is 2.05. The van der Waals surface area contributed by atoms with E-state index in [0.29, 0.717) is 25.4 Å². The van der Waals surface area contributed by atoms with Crippen molar-refractivity contribution >= 4 is 17.0 Å². The highest BCUT2D eigenvalue weighted by Crippen LogP contribution is 2.14. The van der Waals surface area contributed by atoms with Crippen molar-refractivity contribution < 1.29 is 9.47 Å². The number of benzene rings is 1. The predicted octanol–water partition coefficient (Wildman–Crippen LogP) is 1.99. The summed E-state index contributed by atoms with van der Waals surface area (Å²) in [6.07, 6.45) is 3.09. The summed E-state index contributed by atoms with van der Waals surface area (Å²) in [4.78, 5) is 15.4. The minimum Gasteiger partial charge on any atom is -0.497 e. The first kappa shape index (κ1) is 14.3. The van der Waals surface area contributed by atoms with E-state index in [-0.39, 0.29) is 0 Å². The van der Waals surface area contributed by atoms with Gasteiger partial charge in [0.1, 0.15) is 17.6 Å². The lowest BCUT2D eigenvalue weighted by Gasteiger charge is -2.07. The van der Waals surface area contributed by atoms with Gasteiger partial charge in [-0.05, 0) is 17.7 Å². The molecule has 2 aromatic heterocycles. The molecule has 0 bridgehead atoms. The number of nitrogens with zero attached hydrogens (tertiary/aromatic N) is 3. The average Bonchev–Trinajstić information content (AvgIpc) is 3.04. The molecule has 2 N–H and O–H groups in total. The molecule has 22 heavy (non-hydrogen) atoms. The molecule has 0 fully saturated rings. The van der Waals surface area contributed by atoms with Crippen molar-refractivity contribution in [2.24, 2.45) is 0 Å². The first-order valence-electron chi connectivity index (χ1n) is 6.95. The van der Waals surface area contributed by atoms with Crippen molar-refractivity contribution in [2.75, 3.05) is 25.6 Å². The summed E-state index contributed by atoms with van der Waals surface area (Å²) < 4.78 is 10.8. The summed E-state index contributed by atoms with van der Waals surface area (Å²) in [6, 6.07) is 7.83. The zero-order chi connectivity index (χ0) is 15.2. The summed E-state index contributed by atoms with van der Waals surface area (Å²) in [5.41, 5.74) is 2.56. The number of methoxy groups -OCH3 is 1. The first-order valence-corrected chi connectivity index (χ1v) is 6.95. The lowest BCUT2D eigenvalue weighted by Crippen LogP contribution is -2.10. The first-order chi connectivity index (χ1) is 10.9. The molecule has 0 saturated heterocycles. The van der Waals surface area contributed by atoms with Crippen LogP contribution in [0.1, 0.15) is 5.56 Å². The van der Waals surface area contributed by atoms with Crippen molar-refractivity contribution in [2.45, 2.75) is 6.61 Å². The number of hydrogen-bond donors (Lipinski definition) is 2. The van der Waals surface area contributed by atoms with Crippen molar-refractivity contribution in [1.82, 2.24) is 19.9 Å². The monoisotopic (exact) mass is 299 g/mol. The van der Waals surface area contributed by atoms with E-state index in [1.54, 1.807) is 13.4 Å². The van der Waals surface area contributed by atoms with Gasteiger partial charge in [-0.15, -0.1) is 0 Å². The Balaban J connectivity index is 1.44. The number of aromatic nitrogens is 4. The third-order valence-corrected chi connectivity index (χ3v) is 3.19. The Morgan fingerprint density at radius 2 is 2.00 bits per heavy atom. The zero-order valence-electron chi connectivity index (χ0n) is 12.2. The Morgan fingerprint density at radius 3 is 2.82 bits per heavy atom. The standard InChI is InChI=1S/C15H17N5O2/c1-21-12-4-2-11(3-5-12)8-22-7-6-16-14-13-15(18-9-17-13)20-10-19-14/h2-5,9-10H,6-8H2,1H3,(H2,16,17,18,19,20). The number of ether oxygens (including phenoxy) is 2. The summed E-state index contributed by atoms with van der Waals surface area (Å²) >= 11 is 0. The summed E-state index contributed by atoms with van der Waals surface area (Å²) in [5, 5.41) is 3.21. The fraction of sp³-hybridized carbons (Fsp3) is 0.267. The highest BCUT2D eigenvalue weighted by atomic mass is 16.5. The maximum Gasteiger partial charge on any atom is 0.182 e. The maximum atomic E-state index is 5.64. The Bertz CT molecular complexity index is 726. The second-order valence-corrected chi connectivity index (χ2v) is 4.65. The third-order valence-electron chi connectivity index (χ3n) is 3.19. The Labute approximate surface area is 127 Å². The van der Waals surface area contributed by atoms with Gasteiger partial charge in [0.2, 0.25) is 0 Å². The Morgan fingerprint density at radius 1 is 1.14 bits per heavy atom. The quantitative estimate of drug-likeness (QED) is 0.649. The molecular formula is C15H17N5O2. The van der Waals surface area contributed by atoms with Gasteiger partial charge in [0.25, 0.3) is 0 Å². The van der Waals surface area contributed by atoms with Crippen LogP contribution in [0.15, 0.2) is 36.9 Å². The van der Waals surface area contributed by atoms with Crippen LogP contribution in [-0.2, 0) is 11.3 Å². The van der Waals surface area contributed by atoms with Crippen molar-refractivity contribution in [3.05, 3.63) is 42.5 Å². The SMILES string of the molecule is COc1ccc(COCCNc2ncnc3nc[nH]c23)cc1. The van der Waals surface area contributed by atoms with E-state index in [1.807, 2.05) is 24.3 Å². The molecule has 0 saturated carbocycles. The highest BCUT2D eigenvalue weighted by molar-refractivity contribution is 5.81. The molecule has 0 aliphatic rings. The molecule has 2 heterocycles. The molecule has 0 aliphatic carbocycles. The smallest absolute Gasteiger partial charge is 0.182 e. The van der Waals surface area contributed by atoms with Crippen molar-refractivity contribution in [3.8, 4) is 5.75 Å². The van der Waals surface area contributed by atoms with Crippen molar-refractivity contribution in [1.29, 1.82) is 0 Å². The number of hydrogen-bond acceptors (Lipinski definition) is 6. The van der Waals surface area contributed by atoms with E-state index in [2.05, 4.69) is 25.3 Å². The van der Waals surface area contributed by atoms with Crippen LogP contribution >= 0.6 is 0 Å². The summed E-state index contributed by atoms with van der Waals surface area (Å²) in [7, 11) is 1.65. The van der Waals surface area contributed by atoms with Gasteiger partial charge in [-0.25, -0.2) is 15.0 Å². The third kappa shape index (κ3) is 3.32. The van der Waals surface area contributed by atoms with Crippen LogP contribution in [0.3, 0.4) is 0 Å². The molecule has 7 heteroatoms. The van der Waals surface area contributed by atoms with E-state index in [9.17, 15) is 0 Å². The van der Waals surface area contributed by atoms with E-state index in [0.717, 1.165) is 22.6 Å². The number of rotatable bonds is 7. The van der Waals surface area contributed by atoms with Gasteiger partial charge in [-0.2, -0.15) is 0 Å². The van der Waals surface area contributed by atoms with Gasteiger partial charge in [0, 0.05) is 6.54 Å². The average molecular weight is 299 g/mol. The van der Waals surface area contributed by atoms with Crippen LogP contribution in [0.4, 0.5) is 5.82 Å². The second-order valence-electron chi connectivity index (χ2n) is 4.65. The summed E-state index contributed by atoms with van der Waals surface area (Å²) in [5.74, 6) is 1.58. The van der Waals surface area contributed by atoms with E-state index in [4.69, 9.17) is 9.47 Å². The molecule has 3 rings (SSSR count). The lowest BCUT2D eigenvalue weighted by atomic mass is 10.2. The molecule has 1 aromatic carbocycles. The molecule has 3 aromatic rings. The fourth-order valence-corrected chi connectivity index (χ4v) is 2.05. The Kier molecular flexibility index (Phi) is 4.45. The van der Waals surface area contributed by atoms with Gasteiger partial charge in [0.15, 0.2) is 11.5 Å². The molecule has 7 nitrogen and oxygen atoms in total. The van der Waals surface area contributed by atoms with E-state index < -0.39 is 0 Å². The Hall–Kier alpha value is -2.67. The molecule has 0 unspecified atom stereocenters. The van der Waals surface area contributed by atoms with Crippen LogP contribution in [0.25, 0.3) is 11.2 Å².